The van der Waals surface area contributed by atoms with Crippen LogP contribution in [0.25, 0.3) is 0 Å². The van der Waals surface area contributed by atoms with Gasteiger partial charge < -0.3 is 5.32 Å². The standard InChI is InChI=1S/C7H13N.ClH/c1-2-6-4-5-7(3-1)8-6;/h6-8H,1-5H2;1H/t6-,7-;/m1./s1. The van der Waals surface area contributed by atoms with Crippen LogP contribution in [0.1, 0.15) is 32.1 Å². The Kier molecular flexibility index (Phi) is 2.36. The van der Waals surface area contributed by atoms with Crippen LogP contribution in [0.15, 0.2) is 0 Å². The van der Waals surface area contributed by atoms with E-state index in [-0.39, 0.29) is 12.4 Å². The summed E-state index contributed by atoms with van der Waals surface area (Å²) >= 11 is 0. The van der Waals surface area contributed by atoms with E-state index in [1.807, 2.05) is 0 Å². The van der Waals surface area contributed by atoms with Gasteiger partial charge in [0.2, 0.25) is 0 Å². The molecule has 2 aliphatic heterocycles. The van der Waals surface area contributed by atoms with Crippen molar-refractivity contribution in [3.05, 3.63) is 0 Å². The molecule has 2 heterocycles. The van der Waals surface area contributed by atoms with Gasteiger partial charge in [0.1, 0.15) is 0 Å². The summed E-state index contributed by atoms with van der Waals surface area (Å²) in [7, 11) is 0. The lowest BCUT2D eigenvalue weighted by molar-refractivity contribution is 0.406. The van der Waals surface area contributed by atoms with Gasteiger partial charge in [-0.2, -0.15) is 0 Å². The molecule has 1 N–H and O–H groups in total. The molecule has 1 nitrogen and oxygen atoms in total. The third-order valence-corrected chi connectivity index (χ3v) is 2.44. The summed E-state index contributed by atoms with van der Waals surface area (Å²) in [4.78, 5) is 0. The second-order valence-corrected chi connectivity index (χ2v) is 3.07. The van der Waals surface area contributed by atoms with Gasteiger partial charge in [-0.1, -0.05) is 6.42 Å². The lowest BCUT2D eigenvalue weighted by Crippen LogP contribution is -2.33. The van der Waals surface area contributed by atoms with Crippen molar-refractivity contribution in [2.75, 3.05) is 0 Å². The second kappa shape index (κ2) is 2.89. The molecule has 54 valence electrons. The summed E-state index contributed by atoms with van der Waals surface area (Å²) in [6, 6.07) is 1.82. The van der Waals surface area contributed by atoms with Crippen molar-refractivity contribution in [1.82, 2.24) is 5.32 Å². The largest absolute Gasteiger partial charge is 0.311 e. The molecule has 2 aliphatic rings. The third kappa shape index (κ3) is 1.39. The Balaban J connectivity index is 0.000000405. The van der Waals surface area contributed by atoms with Gasteiger partial charge in [0.05, 0.1) is 0 Å². The van der Waals surface area contributed by atoms with Crippen molar-refractivity contribution < 1.29 is 0 Å². The van der Waals surface area contributed by atoms with Crippen LogP contribution in [0, 0.1) is 0 Å². The van der Waals surface area contributed by atoms with E-state index in [2.05, 4.69) is 5.32 Å². The van der Waals surface area contributed by atoms with E-state index < -0.39 is 0 Å². The van der Waals surface area contributed by atoms with Gasteiger partial charge in [-0.3, -0.25) is 0 Å². The number of rotatable bonds is 0. The van der Waals surface area contributed by atoms with Gasteiger partial charge in [0.15, 0.2) is 0 Å². The lowest BCUT2D eigenvalue weighted by atomic mass is 10.1. The molecule has 0 amide bonds. The quantitative estimate of drug-likeness (QED) is 0.550. The number of halogens is 1. The molecule has 2 atom stereocenters. The fraction of sp³-hybridized carbons (Fsp3) is 1.00. The smallest absolute Gasteiger partial charge is 0.00702 e. The van der Waals surface area contributed by atoms with Gasteiger partial charge >= 0.3 is 0 Å². The van der Waals surface area contributed by atoms with E-state index in [9.17, 15) is 0 Å². The summed E-state index contributed by atoms with van der Waals surface area (Å²) in [6.45, 7) is 0. The highest BCUT2D eigenvalue weighted by molar-refractivity contribution is 5.85. The van der Waals surface area contributed by atoms with Crippen LogP contribution >= 0.6 is 12.4 Å². The molecule has 0 spiro atoms. The van der Waals surface area contributed by atoms with Crippen LogP contribution in [-0.4, -0.2) is 12.1 Å². The number of hydrogen-bond acceptors (Lipinski definition) is 1. The van der Waals surface area contributed by atoms with Crippen LogP contribution < -0.4 is 5.32 Å². The zero-order valence-electron chi connectivity index (χ0n) is 5.60. The van der Waals surface area contributed by atoms with Crippen LogP contribution in [-0.2, 0) is 0 Å². The highest BCUT2D eigenvalue weighted by Crippen LogP contribution is 2.25. The number of hydrogen-bond donors (Lipinski definition) is 1. The Bertz CT molecular complexity index is 80.9. The molecule has 0 unspecified atom stereocenters. The Labute approximate surface area is 62.6 Å². The Morgan fingerprint density at radius 3 is 1.89 bits per heavy atom. The molecule has 2 fully saturated rings. The maximum atomic E-state index is 3.59. The normalized spacial score (nSPS) is 40.0. The van der Waals surface area contributed by atoms with Crippen molar-refractivity contribution in [3.63, 3.8) is 0 Å². The van der Waals surface area contributed by atoms with Crippen LogP contribution in [0.5, 0.6) is 0 Å². The zero-order valence-corrected chi connectivity index (χ0v) is 6.41. The monoisotopic (exact) mass is 147 g/mol. The molecule has 9 heavy (non-hydrogen) atoms. The van der Waals surface area contributed by atoms with Crippen molar-refractivity contribution in [3.8, 4) is 0 Å². The maximum absolute atomic E-state index is 3.59. The topological polar surface area (TPSA) is 12.0 Å². The summed E-state index contributed by atoms with van der Waals surface area (Å²) < 4.78 is 0. The molecule has 2 heteroatoms. The molecular formula is C7H14ClN. The van der Waals surface area contributed by atoms with Gasteiger partial charge in [-0.25, -0.2) is 0 Å². The van der Waals surface area contributed by atoms with E-state index in [4.69, 9.17) is 0 Å². The van der Waals surface area contributed by atoms with Crippen molar-refractivity contribution in [1.29, 1.82) is 0 Å². The molecule has 0 aliphatic carbocycles. The Morgan fingerprint density at radius 2 is 1.44 bits per heavy atom. The van der Waals surface area contributed by atoms with E-state index in [0.717, 1.165) is 12.1 Å². The summed E-state index contributed by atoms with van der Waals surface area (Å²) in [5.41, 5.74) is 0. The molecule has 0 aromatic heterocycles. The molecule has 0 radical (unpaired) electrons. The van der Waals surface area contributed by atoms with Crippen molar-refractivity contribution >= 4 is 12.4 Å². The summed E-state index contributed by atoms with van der Waals surface area (Å²) in [6.07, 6.45) is 7.25. The molecular weight excluding hydrogens is 134 g/mol. The number of nitrogens with one attached hydrogen (secondary N) is 1. The lowest BCUT2D eigenvalue weighted by Gasteiger charge is -2.19. The zero-order chi connectivity index (χ0) is 5.40. The van der Waals surface area contributed by atoms with Gasteiger partial charge in [0.25, 0.3) is 0 Å². The Morgan fingerprint density at radius 1 is 0.889 bits per heavy atom. The second-order valence-electron chi connectivity index (χ2n) is 3.07. The van der Waals surface area contributed by atoms with Crippen LogP contribution in [0.4, 0.5) is 0 Å². The first kappa shape index (κ1) is 7.36. The molecule has 2 saturated heterocycles. The summed E-state index contributed by atoms with van der Waals surface area (Å²) in [5.74, 6) is 0. The van der Waals surface area contributed by atoms with Gasteiger partial charge in [-0.15, -0.1) is 12.4 Å². The molecule has 0 aromatic carbocycles. The molecule has 2 rings (SSSR count). The fourth-order valence-electron chi connectivity index (χ4n) is 1.97. The minimum absolute atomic E-state index is 0. The number of fused-ring (bicyclic) bond motifs is 2. The van der Waals surface area contributed by atoms with E-state index >= 15 is 0 Å². The molecule has 0 saturated carbocycles. The van der Waals surface area contributed by atoms with Gasteiger partial charge in [-0.05, 0) is 25.7 Å². The number of piperidine rings is 1. The highest BCUT2D eigenvalue weighted by Gasteiger charge is 2.26. The van der Waals surface area contributed by atoms with Crippen LogP contribution in [0.3, 0.4) is 0 Å². The van der Waals surface area contributed by atoms with E-state index in [1.54, 1.807) is 0 Å². The predicted octanol–water partition coefficient (Wildman–Crippen LogP) is 1.71. The minimum Gasteiger partial charge on any atom is -0.311 e. The first-order chi connectivity index (χ1) is 3.95. The summed E-state index contributed by atoms with van der Waals surface area (Å²) in [5, 5.41) is 3.59. The highest BCUT2D eigenvalue weighted by atomic mass is 35.5. The minimum atomic E-state index is 0. The average Bonchev–Trinajstić information content (AvgIpc) is 2.12. The predicted molar refractivity (Wildman–Crippen MR) is 41.0 cm³/mol. The SMILES string of the molecule is C1C[C@@H]2CC[C@@H](C1)N2.Cl. The third-order valence-electron chi connectivity index (χ3n) is 2.44. The molecule has 0 aromatic rings. The Hall–Kier alpha value is 0.250. The fourth-order valence-corrected chi connectivity index (χ4v) is 1.97. The maximum Gasteiger partial charge on any atom is 0.00702 e. The molecule has 2 bridgehead atoms. The first-order valence-electron chi connectivity index (χ1n) is 3.71. The van der Waals surface area contributed by atoms with E-state index in [1.165, 1.54) is 32.1 Å². The van der Waals surface area contributed by atoms with Gasteiger partial charge in [0, 0.05) is 12.1 Å². The first-order valence-corrected chi connectivity index (χ1v) is 3.71. The van der Waals surface area contributed by atoms with Crippen LogP contribution in [0.2, 0.25) is 0 Å². The van der Waals surface area contributed by atoms with E-state index in [0.29, 0.717) is 0 Å². The van der Waals surface area contributed by atoms with Crippen molar-refractivity contribution in [2.45, 2.75) is 44.2 Å². The average molecular weight is 148 g/mol. The van der Waals surface area contributed by atoms with Crippen molar-refractivity contribution in [2.24, 2.45) is 0 Å².